The molecule has 29 heavy (non-hydrogen) atoms. The van der Waals surface area contributed by atoms with E-state index in [9.17, 15) is 18.3 Å². The number of hydrogen-bond acceptors (Lipinski definition) is 5. The predicted molar refractivity (Wildman–Crippen MR) is 112 cm³/mol. The molecule has 0 fully saturated rings. The second-order valence-electron chi connectivity index (χ2n) is 7.49. The minimum atomic E-state index is -3.78. The molecule has 0 saturated carbocycles. The molecule has 1 aliphatic rings. The van der Waals surface area contributed by atoms with Gasteiger partial charge in [-0.15, -0.1) is 0 Å². The van der Waals surface area contributed by atoms with Crippen molar-refractivity contribution in [2.75, 3.05) is 18.0 Å². The third-order valence-electron chi connectivity index (χ3n) is 5.15. The zero-order chi connectivity index (χ0) is 21.2. The standard InChI is InChI=1S/C21H27N3O4S/c1-3-10-23(13-16-6-4-5-7-20(16)25)14-21(26)24-15(2)11-17-12-18(29(22,27)28)8-9-19(17)24/h4-9,12,15,25H,3,10-11,13-14H2,1-2H3,(H2,22,27,28). The molecule has 0 aromatic heterocycles. The summed E-state index contributed by atoms with van der Waals surface area (Å²) in [5, 5.41) is 15.3. The number of carbonyl (C=O) groups excluding carboxylic acids is 1. The van der Waals surface area contributed by atoms with Gasteiger partial charge < -0.3 is 10.0 Å². The number of rotatable bonds is 7. The molecule has 1 amide bonds. The van der Waals surface area contributed by atoms with Crippen LogP contribution in [0.25, 0.3) is 0 Å². The van der Waals surface area contributed by atoms with E-state index in [0.29, 0.717) is 13.0 Å². The molecule has 2 aromatic rings. The van der Waals surface area contributed by atoms with Gasteiger partial charge in [0.25, 0.3) is 0 Å². The number of anilines is 1. The monoisotopic (exact) mass is 417 g/mol. The van der Waals surface area contributed by atoms with Crippen LogP contribution in [0.5, 0.6) is 5.75 Å². The summed E-state index contributed by atoms with van der Waals surface area (Å²) in [7, 11) is -3.78. The number of para-hydroxylation sites is 1. The molecule has 156 valence electrons. The topological polar surface area (TPSA) is 104 Å². The second-order valence-corrected chi connectivity index (χ2v) is 9.05. The number of hydrogen-bond donors (Lipinski definition) is 2. The van der Waals surface area contributed by atoms with Crippen LogP contribution in [0.1, 0.15) is 31.4 Å². The zero-order valence-corrected chi connectivity index (χ0v) is 17.5. The number of benzene rings is 2. The van der Waals surface area contributed by atoms with Crippen LogP contribution < -0.4 is 10.0 Å². The molecule has 1 unspecified atom stereocenters. The number of phenols is 1. The van der Waals surface area contributed by atoms with Crippen LogP contribution in [-0.4, -0.2) is 43.5 Å². The first kappa shape index (κ1) is 21.3. The SMILES string of the molecule is CCCN(CC(=O)N1c2ccc(S(N)(=O)=O)cc2CC1C)Cc1ccccc1O. The van der Waals surface area contributed by atoms with Gasteiger partial charge in [-0.25, -0.2) is 13.6 Å². The highest BCUT2D eigenvalue weighted by atomic mass is 32.2. The first-order valence-electron chi connectivity index (χ1n) is 9.67. The number of nitrogens with zero attached hydrogens (tertiary/aromatic N) is 2. The average Bonchev–Trinajstić information content (AvgIpc) is 2.98. The lowest BCUT2D eigenvalue weighted by molar-refractivity contribution is -0.120. The molecule has 0 radical (unpaired) electrons. The van der Waals surface area contributed by atoms with E-state index >= 15 is 0 Å². The molecule has 1 atom stereocenters. The third-order valence-corrected chi connectivity index (χ3v) is 6.06. The van der Waals surface area contributed by atoms with E-state index < -0.39 is 10.0 Å². The Morgan fingerprint density at radius 3 is 2.66 bits per heavy atom. The largest absolute Gasteiger partial charge is 0.508 e. The van der Waals surface area contributed by atoms with E-state index in [4.69, 9.17) is 5.14 Å². The van der Waals surface area contributed by atoms with Crippen molar-refractivity contribution < 1.29 is 18.3 Å². The predicted octanol–water partition coefficient (Wildman–Crippen LogP) is 2.23. The van der Waals surface area contributed by atoms with Crippen LogP contribution in [0, 0.1) is 0 Å². The quantitative estimate of drug-likeness (QED) is 0.719. The van der Waals surface area contributed by atoms with Crippen LogP contribution in [0.3, 0.4) is 0 Å². The Morgan fingerprint density at radius 2 is 2.00 bits per heavy atom. The van der Waals surface area contributed by atoms with Crippen LogP contribution in [0.15, 0.2) is 47.4 Å². The Morgan fingerprint density at radius 1 is 1.28 bits per heavy atom. The van der Waals surface area contributed by atoms with Crippen molar-refractivity contribution in [3.05, 3.63) is 53.6 Å². The summed E-state index contributed by atoms with van der Waals surface area (Å²) < 4.78 is 23.2. The minimum absolute atomic E-state index is 0.0523. The zero-order valence-electron chi connectivity index (χ0n) is 16.7. The summed E-state index contributed by atoms with van der Waals surface area (Å²) in [4.78, 5) is 16.9. The molecule has 0 bridgehead atoms. The lowest BCUT2D eigenvalue weighted by Gasteiger charge is -2.28. The van der Waals surface area contributed by atoms with E-state index in [0.717, 1.165) is 29.8 Å². The fraction of sp³-hybridized carbons (Fsp3) is 0.381. The summed E-state index contributed by atoms with van der Waals surface area (Å²) in [6, 6.07) is 11.7. The molecule has 7 nitrogen and oxygen atoms in total. The number of nitrogens with two attached hydrogens (primary N) is 1. The van der Waals surface area contributed by atoms with Crippen LogP contribution >= 0.6 is 0 Å². The fourth-order valence-electron chi connectivity index (χ4n) is 3.85. The summed E-state index contributed by atoms with van der Waals surface area (Å²) in [6.07, 6.45) is 1.46. The summed E-state index contributed by atoms with van der Waals surface area (Å²) in [5.41, 5.74) is 2.32. The highest BCUT2D eigenvalue weighted by Gasteiger charge is 2.32. The highest BCUT2D eigenvalue weighted by molar-refractivity contribution is 7.89. The molecule has 0 aliphatic carbocycles. The number of primary sulfonamides is 1. The van der Waals surface area contributed by atoms with Gasteiger partial charge in [0.2, 0.25) is 15.9 Å². The second kappa shape index (κ2) is 8.52. The lowest BCUT2D eigenvalue weighted by Crippen LogP contribution is -2.43. The molecule has 3 N–H and O–H groups in total. The first-order valence-corrected chi connectivity index (χ1v) is 11.2. The van der Waals surface area contributed by atoms with E-state index in [1.165, 1.54) is 6.07 Å². The molecule has 0 saturated heterocycles. The first-order chi connectivity index (χ1) is 13.7. The average molecular weight is 418 g/mol. The molecule has 2 aromatic carbocycles. The van der Waals surface area contributed by atoms with E-state index in [2.05, 4.69) is 0 Å². The maximum atomic E-state index is 13.1. The van der Waals surface area contributed by atoms with Crippen molar-refractivity contribution in [1.29, 1.82) is 0 Å². The molecule has 8 heteroatoms. The summed E-state index contributed by atoms with van der Waals surface area (Å²) in [6.45, 7) is 5.40. The van der Waals surface area contributed by atoms with Crippen molar-refractivity contribution in [3.63, 3.8) is 0 Å². The van der Waals surface area contributed by atoms with Crippen molar-refractivity contribution in [2.24, 2.45) is 5.14 Å². The minimum Gasteiger partial charge on any atom is -0.508 e. The molecule has 3 rings (SSSR count). The maximum Gasteiger partial charge on any atom is 0.241 e. The number of fused-ring (bicyclic) bond motifs is 1. The Hall–Kier alpha value is -2.42. The smallest absolute Gasteiger partial charge is 0.241 e. The van der Waals surface area contributed by atoms with Crippen molar-refractivity contribution in [2.45, 2.75) is 44.2 Å². The Kier molecular flexibility index (Phi) is 6.26. The summed E-state index contributed by atoms with van der Waals surface area (Å²) in [5.74, 6) is 0.167. The van der Waals surface area contributed by atoms with Gasteiger partial charge in [0.1, 0.15) is 5.75 Å². The molecule has 1 heterocycles. The van der Waals surface area contributed by atoms with Crippen molar-refractivity contribution in [1.82, 2.24) is 4.90 Å². The highest BCUT2D eigenvalue weighted by Crippen LogP contribution is 2.34. The normalized spacial score (nSPS) is 16.3. The van der Waals surface area contributed by atoms with Crippen molar-refractivity contribution in [3.8, 4) is 5.75 Å². The van der Waals surface area contributed by atoms with E-state index in [1.807, 2.05) is 30.9 Å². The van der Waals surface area contributed by atoms with Crippen molar-refractivity contribution >= 4 is 21.6 Å². The van der Waals surface area contributed by atoms with Crippen LogP contribution in [0.4, 0.5) is 5.69 Å². The summed E-state index contributed by atoms with van der Waals surface area (Å²) >= 11 is 0. The fourth-order valence-corrected chi connectivity index (χ4v) is 4.41. The molecular weight excluding hydrogens is 390 g/mol. The van der Waals surface area contributed by atoms with Gasteiger partial charge in [0, 0.05) is 23.8 Å². The Balaban J connectivity index is 1.80. The Labute approximate surface area is 171 Å². The van der Waals surface area contributed by atoms with Crippen LogP contribution in [0.2, 0.25) is 0 Å². The van der Waals surface area contributed by atoms with Gasteiger partial charge in [-0.1, -0.05) is 25.1 Å². The molecule has 1 aliphatic heterocycles. The number of aromatic hydroxyl groups is 1. The van der Waals surface area contributed by atoms with Crippen LogP contribution in [-0.2, 0) is 27.8 Å². The molecular formula is C21H27N3O4S. The number of phenolic OH excluding ortho intramolecular Hbond substituents is 1. The van der Waals surface area contributed by atoms with E-state index in [1.54, 1.807) is 29.2 Å². The third kappa shape index (κ3) is 4.77. The number of amides is 1. The van der Waals surface area contributed by atoms with E-state index in [-0.39, 0.29) is 29.1 Å². The lowest BCUT2D eigenvalue weighted by atomic mass is 10.1. The van der Waals surface area contributed by atoms with Gasteiger partial charge >= 0.3 is 0 Å². The number of sulfonamides is 1. The Bertz CT molecular complexity index is 1010. The van der Waals surface area contributed by atoms with Gasteiger partial charge in [-0.3, -0.25) is 9.69 Å². The van der Waals surface area contributed by atoms with Gasteiger partial charge in [0.05, 0.1) is 11.4 Å². The number of carbonyl (C=O) groups is 1. The molecule has 0 spiro atoms. The van der Waals surface area contributed by atoms with Gasteiger partial charge in [-0.2, -0.15) is 0 Å². The van der Waals surface area contributed by atoms with Gasteiger partial charge in [0.15, 0.2) is 0 Å². The maximum absolute atomic E-state index is 13.1. The van der Waals surface area contributed by atoms with Gasteiger partial charge in [-0.05, 0) is 56.1 Å².